The number of imidazole rings is 1. The number of nitrogens with zero attached hydrogens (tertiary/aromatic N) is 2. The van der Waals surface area contributed by atoms with E-state index in [1.165, 1.54) is 18.3 Å². The van der Waals surface area contributed by atoms with Crippen LogP contribution in [0.25, 0.3) is 22.3 Å². The van der Waals surface area contributed by atoms with Gasteiger partial charge in [0, 0.05) is 10.9 Å². The molecule has 0 aliphatic carbocycles. The summed E-state index contributed by atoms with van der Waals surface area (Å²) in [6.45, 7) is 1.51. The van der Waals surface area contributed by atoms with Gasteiger partial charge in [-0.1, -0.05) is 12.1 Å². The molecule has 0 bridgehead atoms. The number of esters is 1. The summed E-state index contributed by atoms with van der Waals surface area (Å²) in [5.74, 6) is -0.331. The lowest BCUT2D eigenvalue weighted by atomic mass is 10.2. The molecule has 1 amide bonds. The van der Waals surface area contributed by atoms with E-state index in [0.717, 1.165) is 22.3 Å². The maximum absolute atomic E-state index is 12.4. The SMILES string of the molecule is COc1cccc(-c2csc(NC(=O)C(C)OC(=O)c3ccc4nc[nH]c4c3)n2)c1. The predicted octanol–water partition coefficient (Wildman–Crippen LogP) is 3.88. The Morgan fingerprint density at radius 3 is 2.90 bits per heavy atom. The van der Waals surface area contributed by atoms with Crippen LogP contribution in [0, 0.1) is 0 Å². The Morgan fingerprint density at radius 2 is 2.07 bits per heavy atom. The number of hydrogen-bond acceptors (Lipinski definition) is 7. The molecule has 9 heteroatoms. The lowest BCUT2D eigenvalue weighted by Gasteiger charge is -2.12. The summed E-state index contributed by atoms with van der Waals surface area (Å²) < 4.78 is 10.5. The third-order valence-electron chi connectivity index (χ3n) is 4.41. The van der Waals surface area contributed by atoms with Gasteiger partial charge in [-0.25, -0.2) is 14.8 Å². The molecule has 152 valence electrons. The molecule has 1 unspecified atom stereocenters. The average molecular weight is 422 g/mol. The molecular formula is C21H18N4O4S. The minimum absolute atomic E-state index is 0.334. The second-order valence-electron chi connectivity index (χ2n) is 6.44. The summed E-state index contributed by atoms with van der Waals surface area (Å²) in [6.07, 6.45) is 0.558. The number of amides is 1. The number of methoxy groups -OCH3 is 1. The number of anilines is 1. The zero-order valence-electron chi connectivity index (χ0n) is 16.2. The highest BCUT2D eigenvalue weighted by molar-refractivity contribution is 7.14. The van der Waals surface area contributed by atoms with Gasteiger partial charge in [-0.15, -0.1) is 11.3 Å². The second kappa shape index (κ2) is 8.34. The lowest BCUT2D eigenvalue weighted by molar-refractivity contribution is -0.123. The fourth-order valence-corrected chi connectivity index (χ4v) is 3.52. The molecule has 1 atom stereocenters. The highest BCUT2D eigenvalue weighted by Gasteiger charge is 2.20. The van der Waals surface area contributed by atoms with Crippen molar-refractivity contribution in [2.75, 3.05) is 12.4 Å². The number of fused-ring (bicyclic) bond motifs is 1. The third-order valence-corrected chi connectivity index (χ3v) is 5.17. The van der Waals surface area contributed by atoms with E-state index in [0.29, 0.717) is 16.4 Å². The van der Waals surface area contributed by atoms with Gasteiger partial charge in [-0.05, 0) is 37.3 Å². The third kappa shape index (κ3) is 4.15. The minimum Gasteiger partial charge on any atom is -0.497 e. The van der Waals surface area contributed by atoms with E-state index < -0.39 is 18.0 Å². The minimum atomic E-state index is -0.987. The number of H-pyrrole nitrogens is 1. The molecule has 8 nitrogen and oxygen atoms in total. The van der Waals surface area contributed by atoms with Crippen LogP contribution in [0.5, 0.6) is 5.75 Å². The second-order valence-corrected chi connectivity index (χ2v) is 7.30. The average Bonchev–Trinajstić information content (AvgIpc) is 3.42. The van der Waals surface area contributed by atoms with Gasteiger partial charge < -0.3 is 14.5 Å². The van der Waals surface area contributed by atoms with Gasteiger partial charge in [0.25, 0.3) is 5.91 Å². The summed E-state index contributed by atoms with van der Waals surface area (Å²) in [6, 6.07) is 12.4. The molecular weight excluding hydrogens is 404 g/mol. The number of nitrogens with one attached hydrogen (secondary N) is 2. The lowest BCUT2D eigenvalue weighted by Crippen LogP contribution is -2.29. The van der Waals surface area contributed by atoms with E-state index in [-0.39, 0.29) is 0 Å². The largest absolute Gasteiger partial charge is 0.497 e. The van der Waals surface area contributed by atoms with Gasteiger partial charge >= 0.3 is 5.97 Å². The Morgan fingerprint density at radius 1 is 1.20 bits per heavy atom. The molecule has 0 saturated heterocycles. The number of aromatic amines is 1. The van der Waals surface area contributed by atoms with Crippen molar-refractivity contribution < 1.29 is 19.1 Å². The van der Waals surface area contributed by atoms with Crippen LogP contribution in [0.15, 0.2) is 54.2 Å². The Bertz CT molecular complexity index is 1220. The van der Waals surface area contributed by atoms with Crippen LogP contribution >= 0.6 is 11.3 Å². The molecule has 4 aromatic rings. The molecule has 0 fully saturated rings. The standard InChI is InChI=1S/C21H18N4O4S/c1-12(29-20(27)14-6-7-16-17(9-14)23-11-22-16)19(26)25-21-24-18(10-30-21)13-4-3-5-15(8-13)28-2/h3-12H,1-2H3,(H,22,23)(H,24,25,26). The van der Waals surface area contributed by atoms with Crippen molar-refractivity contribution in [2.45, 2.75) is 13.0 Å². The Labute approximate surface area is 175 Å². The van der Waals surface area contributed by atoms with Crippen LogP contribution in [0.2, 0.25) is 0 Å². The highest BCUT2D eigenvalue weighted by Crippen LogP contribution is 2.27. The van der Waals surface area contributed by atoms with E-state index in [1.807, 2.05) is 29.6 Å². The maximum atomic E-state index is 12.4. The molecule has 2 aromatic carbocycles. The topological polar surface area (TPSA) is 106 Å². The van der Waals surface area contributed by atoms with E-state index in [9.17, 15) is 9.59 Å². The number of thiazole rings is 1. The van der Waals surface area contributed by atoms with Gasteiger partial charge in [0.2, 0.25) is 0 Å². The summed E-state index contributed by atoms with van der Waals surface area (Å²) in [5, 5.41) is 4.94. The molecule has 2 N–H and O–H groups in total. The summed E-state index contributed by atoms with van der Waals surface area (Å²) >= 11 is 1.29. The predicted molar refractivity (Wildman–Crippen MR) is 114 cm³/mol. The fourth-order valence-electron chi connectivity index (χ4n) is 2.80. The van der Waals surface area contributed by atoms with Crippen molar-refractivity contribution in [3.63, 3.8) is 0 Å². The maximum Gasteiger partial charge on any atom is 0.338 e. The molecule has 0 saturated carbocycles. The molecule has 0 aliphatic rings. The number of rotatable bonds is 6. The molecule has 0 aliphatic heterocycles. The smallest absolute Gasteiger partial charge is 0.338 e. The van der Waals surface area contributed by atoms with E-state index in [4.69, 9.17) is 9.47 Å². The van der Waals surface area contributed by atoms with Crippen LogP contribution in [0.1, 0.15) is 17.3 Å². The van der Waals surface area contributed by atoms with Crippen molar-refractivity contribution in [3.05, 3.63) is 59.7 Å². The van der Waals surface area contributed by atoms with Crippen molar-refractivity contribution in [2.24, 2.45) is 0 Å². The molecule has 0 radical (unpaired) electrons. The van der Waals surface area contributed by atoms with E-state index in [1.54, 1.807) is 31.6 Å². The number of hydrogen-bond donors (Lipinski definition) is 2. The van der Waals surface area contributed by atoms with Gasteiger partial charge in [-0.2, -0.15) is 0 Å². The summed E-state index contributed by atoms with van der Waals surface area (Å²) in [5.41, 5.74) is 3.38. The number of carbonyl (C=O) groups excluding carboxylic acids is 2. The first-order valence-electron chi connectivity index (χ1n) is 9.08. The number of carbonyl (C=O) groups is 2. The van der Waals surface area contributed by atoms with Crippen LogP contribution in [0.3, 0.4) is 0 Å². The zero-order valence-corrected chi connectivity index (χ0v) is 17.0. The van der Waals surface area contributed by atoms with Crippen molar-refractivity contribution in [1.82, 2.24) is 15.0 Å². The zero-order chi connectivity index (χ0) is 21.1. The van der Waals surface area contributed by atoms with Crippen molar-refractivity contribution >= 4 is 39.4 Å². The summed E-state index contributed by atoms with van der Waals surface area (Å²) in [4.78, 5) is 36.3. The number of aromatic nitrogens is 3. The molecule has 2 heterocycles. The first kappa shape index (κ1) is 19.6. The summed E-state index contributed by atoms with van der Waals surface area (Å²) in [7, 11) is 1.60. The number of benzene rings is 2. The Balaban J connectivity index is 1.39. The van der Waals surface area contributed by atoms with Crippen LogP contribution in [-0.2, 0) is 9.53 Å². The monoisotopic (exact) mass is 422 g/mol. The fraction of sp³-hybridized carbons (Fsp3) is 0.143. The first-order chi connectivity index (χ1) is 14.5. The Hall–Kier alpha value is -3.72. The van der Waals surface area contributed by atoms with Gasteiger partial charge in [0.15, 0.2) is 11.2 Å². The van der Waals surface area contributed by atoms with Crippen LogP contribution < -0.4 is 10.1 Å². The normalized spacial score (nSPS) is 11.8. The highest BCUT2D eigenvalue weighted by atomic mass is 32.1. The molecule has 0 spiro atoms. The van der Waals surface area contributed by atoms with Crippen LogP contribution in [-0.4, -0.2) is 40.0 Å². The number of ether oxygens (including phenoxy) is 2. The van der Waals surface area contributed by atoms with Crippen molar-refractivity contribution in [1.29, 1.82) is 0 Å². The quantitative estimate of drug-likeness (QED) is 0.457. The molecule has 30 heavy (non-hydrogen) atoms. The van der Waals surface area contributed by atoms with Crippen LogP contribution in [0.4, 0.5) is 5.13 Å². The van der Waals surface area contributed by atoms with Crippen molar-refractivity contribution in [3.8, 4) is 17.0 Å². The van der Waals surface area contributed by atoms with Gasteiger partial charge in [-0.3, -0.25) is 10.1 Å². The van der Waals surface area contributed by atoms with Gasteiger partial charge in [0.05, 0.1) is 35.7 Å². The van der Waals surface area contributed by atoms with Gasteiger partial charge in [0.1, 0.15) is 5.75 Å². The van der Waals surface area contributed by atoms with E-state index in [2.05, 4.69) is 20.3 Å². The Kier molecular flexibility index (Phi) is 5.44. The molecule has 4 rings (SSSR count). The molecule has 2 aromatic heterocycles. The first-order valence-corrected chi connectivity index (χ1v) is 9.96. The van der Waals surface area contributed by atoms with E-state index >= 15 is 0 Å².